The highest BCUT2D eigenvalue weighted by atomic mass is 16.5. The molecule has 0 radical (unpaired) electrons. The van der Waals surface area contributed by atoms with Gasteiger partial charge in [-0.1, -0.05) is 0 Å². The zero-order chi connectivity index (χ0) is 12.6. The molecule has 0 saturated carbocycles. The van der Waals surface area contributed by atoms with Crippen LogP contribution in [0.5, 0.6) is 0 Å². The van der Waals surface area contributed by atoms with Crippen molar-refractivity contribution in [2.24, 2.45) is 5.41 Å². The Labute approximate surface area is 96.5 Å². The molecule has 0 heterocycles. The lowest BCUT2D eigenvalue weighted by Crippen LogP contribution is -2.23. The maximum Gasteiger partial charge on any atom is 0.311 e. The van der Waals surface area contributed by atoms with Crippen LogP contribution in [0.15, 0.2) is 12.2 Å². The van der Waals surface area contributed by atoms with Gasteiger partial charge in [0.15, 0.2) is 0 Å². The number of nitriles is 1. The predicted molar refractivity (Wildman–Crippen MR) is 60.4 cm³/mol. The third-order valence-corrected chi connectivity index (χ3v) is 1.88. The van der Waals surface area contributed by atoms with Crippen LogP contribution in [0.2, 0.25) is 0 Å². The van der Waals surface area contributed by atoms with E-state index in [2.05, 4.69) is 0 Å². The molecule has 16 heavy (non-hydrogen) atoms. The molecule has 0 aromatic rings. The van der Waals surface area contributed by atoms with Gasteiger partial charge in [0.25, 0.3) is 0 Å². The van der Waals surface area contributed by atoms with E-state index in [9.17, 15) is 9.90 Å². The van der Waals surface area contributed by atoms with E-state index in [4.69, 9.17) is 10.00 Å². The molecule has 0 aromatic carbocycles. The molecule has 0 saturated heterocycles. The lowest BCUT2D eigenvalue weighted by atomic mass is 9.97. The topological polar surface area (TPSA) is 70.3 Å². The van der Waals surface area contributed by atoms with E-state index in [1.807, 2.05) is 0 Å². The number of hydrogen-bond acceptors (Lipinski definition) is 4. The van der Waals surface area contributed by atoms with Crippen LogP contribution in [-0.2, 0) is 9.53 Å². The Hall–Kier alpha value is -1.34. The number of rotatable bonds is 5. The zero-order valence-electron chi connectivity index (χ0n) is 10.1. The molecule has 4 nitrogen and oxygen atoms in total. The van der Waals surface area contributed by atoms with Gasteiger partial charge in [-0.05, 0) is 39.7 Å². The quantitative estimate of drug-likeness (QED) is 0.440. The number of nitrogens with zero attached hydrogens (tertiary/aromatic N) is 1. The summed E-state index contributed by atoms with van der Waals surface area (Å²) in [6.45, 7) is 5.67. The van der Waals surface area contributed by atoms with Gasteiger partial charge < -0.3 is 9.84 Å². The lowest BCUT2D eigenvalue weighted by Gasteiger charge is -2.16. The molecule has 0 spiro atoms. The number of allylic oxidation sites excluding steroid dienone is 1. The van der Waals surface area contributed by atoms with Gasteiger partial charge in [0.1, 0.15) is 0 Å². The first-order valence-corrected chi connectivity index (χ1v) is 5.29. The summed E-state index contributed by atoms with van der Waals surface area (Å²) in [5.41, 5.74) is -0.487. The summed E-state index contributed by atoms with van der Waals surface area (Å²) >= 11 is 0. The minimum Gasteiger partial charge on any atom is -0.465 e. The van der Waals surface area contributed by atoms with Crippen molar-refractivity contribution in [1.82, 2.24) is 0 Å². The summed E-state index contributed by atoms with van der Waals surface area (Å²) in [6.07, 6.45) is 3.08. The summed E-state index contributed by atoms with van der Waals surface area (Å²) in [7, 11) is 0. The number of carbonyl (C=O) groups excluding carboxylic acids is 1. The van der Waals surface area contributed by atoms with E-state index in [-0.39, 0.29) is 5.97 Å². The number of hydrogen-bond donors (Lipinski definition) is 1. The van der Waals surface area contributed by atoms with Gasteiger partial charge in [-0.3, -0.25) is 4.79 Å². The smallest absolute Gasteiger partial charge is 0.311 e. The molecule has 0 aromatic heterocycles. The number of aliphatic hydroxyl groups excluding tert-OH is 1. The van der Waals surface area contributed by atoms with Gasteiger partial charge in [0, 0.05) is 6.08 Å². The molecule has 90 valence electrons. The molecule has 1 N–H and O–H groups in total. The van der Waals surface area contributed by atoms with Gasteiger partial charge in [-0.2, -0.15) is 5.26 Å². The van der Waals surface area contributed by atoms with Gasteiger partial charge in [0.05, 0.1) is 24.2 Å². The second-order valence-electron chi connectivity index (χ2n) is 4.58. The molecule has 0 fully saturated rings. The molecule has 0 bridgehead atoms. The lowest BCUT2D eigenvalue weighted by molar-refractivity contribution is -0.153. The third kappa shape index (κ3) is 7.02. The Balaban J connectivity index is 3.66. The zero-order valence-corrected chi connectivity index (χ0v) is 10.1. The molecule has 0 amide bonds. The van der Waals surface area contributed by atoms with E-state index < -0.39 is 11.5 Å². The fourth-order valence-corrected chi connectivity index (χ4v) is 0.924. The Morgan fingerprint density at radius 1 is 1.56 bits per heavy atom. The van der Waals surface area contributed by atoms with Crippen LogP contribution < -0.4 is 0 Å². The number of ether oxygens (including phenoxy) is 1. The second kappa shape index (κ2) is 7.02. The largest absolute Gasteiger partial charge is 0.465 e. The summed E-state index contributed by atoms with van der Waals surface area (Å²) in [5.74, 6) is -0.241. The predicted octanol–water partition coefficient (Wildman–Crippen LogP) is 1.80. The number of carbonyl (C=O) groups is 1. The summed E-state index contributed by atoms with van der Waals surface area (Å²) in [6, 6.07) is 1.80. The van der Waals surface area contributed by atoms with E-state index in [0.29, 0.717) is 19.4 Å². The van der Waals surface area contributed by atoms with E-state index in [1.165, 1.54) is 12.2 Å². The van der Waals surface area contributed by atoms with Crippen LogP contribution in [0, 0.1) is 16.7 Å². The van der Waals surface area contributed by atoms with Crippen LogP contribution in [-0.4, -0.2) is 23.8 Å². The first-order chi connectivity index (χ1) is 7.38. The average Bonchev–Trinajstić information content (AvgIpc) is 2.19. The van der Waals surface area contributed by atoms with Crippen LogP contribution >= 0.6 is 0 Å². The van der Waals surface area contributed by atoms with Gasteiger partial charge in [-0.25, -0.2) is 0 Å². The van der Waals surface area contributed by atoms with Crippen molar-refractivity contribution in [2.45, 2.75) is 39.7 Å². The SMILES string of the molecule is CC(C)(C)C(=O)OCCC[C@H](O)/C=C/C#N. The highest BCUT2D eigenvalue weighted by molar-refractivity contribution is 5.75. The number of aliphatic hydroxyl groups is 1. The molecule has 0 aliphatic carbocycles. The molecule has 0 rings (SSSR count). The standard InChI is InChI=1S/C12H19NO3/c1-12(2,3)11(15)16-9-5-7-10(14)6-4-8-13/h4,6,10,14H,5,7,9H2,1-3H3/b6-4+/t10-/m1/s1. The third-order valence-electron chi connectivity index (χ3n) is 1.88. The monoisotopic (exact) mass is 225 g/mol. The molecule has 4 heteroatoms. The Morgan fingerprint density at radius 3 is 2.69 bits per heavy atom. The fourth-order valence-electron chi connectivity index (χ4n) is 0.924. The van der Waals surface area contributed by atoms with Crippen molar-refractivity contribution >= 4 is 5.97 Å². The van der Waals surface area contributed by atoms with E-state index >= 15 is 0 Å². The Kier molecular flexibility index (Phi) is 6.43. The highest BCUT2D eigenvalue weighted by Gasteiger charge is 2.22. The van der Waals surface area contributed by atoms with Gasteiger partial charge in [-0.15, -0.1) is 0 Å². The van der Waals surface area contributed by atoms with Crippen LogP contribution in [0.4, 0.5) is 0 Å². The van der Waals surface area contributed by atoms with Crippen molar-refractivity contribution in [3.8, 4) is 6.07 Å². The van der Waals surface area contributed by atoms with Crippen molar-refractivity contribution in [1.29, 1.82) is 5.26 Å². The molecule has 1 atom stereocenters. The average molecular weight is 225 g/mol. The van der Waals surface area contributed by atoms with E-state index in [1.54, 1.807) is 26.8 Å². The van der Waals surface area contributed by atoms with Gasteiger partial charge >= 0.3 is 5.97 Å². The maximum atomic E-state index is 11.3. The Morgan fingerprint density at radius 2 is 2.19 bits per heavy atom. The molecular weight excluding hydrogens is 206 g/mol. The fraction of sp³-hybridized carbons (Fsp3) is 0.667. The number of esters is 1. The molecular formula is C12H19NO3. The minimum atomic E-state index is -0.645. The first kappa shape index (κ1) is 14.7. The summed E-state index contributed by atoms with van der Waals surface area (Å²) < 4.78 is 5.02. The summed E-state index contributed by atoms with van der Waals surface area (Å²) in [4.78, 5) is 11.3. The summed E-state index contributed by atoms with van der Waals surface area (Å²) in [5, 5.41) is 17.6. The van der Waals surface area contributed by atoms with Gasteiger partial charge in [0.2, 0.25) is 0 Å². The molecule has 0 unspecified atom stereocenters. The normalized spacial score (nSPS) is 13.4. The van der Waals surface area contributed by atoms with Crippen LogP contribution in [0.25, 0.3) is 0 Å². The van der Waals surface area contributed by atoms with E-state index in [0.717, 1.165) is 0 Å². The van der Waals surface area contributed by atoms with Crippen molar-refractivity contribution in [2.75, 3.05) is 6.61 Å². The van der Waals surface area contributed by atoms with Crippen molar-refractivity contribution < 1.29 is 14.6 Å². The van der Waals surface area contributed by atoms with Crippen molar-refractivity contribution in [3.63, 3.8) is 0 Å². The highest BCUT2D eigenvalue weighted by Crippen LogP contribution is 2.15. The van der Waals surface area contributed by atoms with Crippen LogP contribution in [0.3, 0.4) is 0 Å². The first-order valence-electron chi connectivity index (χ1n) is 5.29. The second-order valence-corrected chi connectivity index (χ2v) is 4.58. The van der Waals surface area contributed by atoms with Crippen LogP contribution in [0.1, 0.15) is 33.6 Å². The molecule has 0 aliphatic heterocycles. The van der Waals surface area contributed by atoms with Crippen molar-refractivity contribution in [3.05, 3.63) is 12.2 Å². The maximum absolute atomic E-state index is 11.3. The Bertz CT molecular complexity index is 284. The minimum absolute atomic E-state index is 0.241. The molecule has 0 aliphatic rings.